The third-order valence-electron chi connectivity index (χ3n) is 3.79. The maximum Gasteiger partial charge on any atom is 0.241 e. The third-order valence-corrected chi connectivity index (χ3v) is 5.37. The van der Waals surface area contributed by atoms with E-state index in [0.717, 1.165) is 0 Å². The second-order valence-corrected chi connectivity index (χ2v) is 6.74. The highest BCUT2D eigenvalue weighted by atomic mass is 32.2. The minimum Gasteiger partial charge on any atom is -0.394 e. The van der Waals surface area contributed by atoms with Crippen LogP contribution in [0.25, 0.3) is 0 Å². The predicted octanol–water partition coefficient (Wildman–Crippen LogP) is 2.11. The zero-order valence-electron chi connectivity index (χ0n) is 12.7. The van der Waals surface area contributed by atoms with Gasteiger partial charge in [-0.15, -0.1) is 0 Å². The SMILES string of the molecule is CCC(=O)c1cccc(S(=O)(=O)NC(CC)(CC)CO)c1. The van der Waals surface area contributed by atoms with Crippen LogP contribution in [0.1, 0.15) is 50.4 Å². The molecule has 21 heavy (non-hydrogen) atoms. The second-order valence-electron chi connectivity index (χ2n) is 5.06. The Labute approximate surface area is 126 Å². The van der Waals surface area contributed by atoms with Crippen LogP contribution < -0.4 is 4.72 Å². The van der Waals surface area contributed by atoms with Crippen LogP contribution in [0.4, 0.5) is 0 Å². The summed E-state index contributed by atoms with van der Waals surface area (Å²) in [7, 11) is -3.78. The van der Waals surface area contributed by atoms with Gasteiger partial charge in [-0.2, -0.15) is 0 Å². The van der Waals surface area contributed by atoms with Gasteiger partial charge in [-0.3, -0.25) is 4.79 Å². The van der Waals surface area contributed by atoms with E-state index in [4.69, 9.17) is 0 Å². The number of benzene rings is 1. The Bertz CT molecular complexity index is 583. The lowest BCUT2D eigenvalue weighted by Crippen LogP contribution is -2.50. The summed E-state index contributed by atoms with van der Waals surface area (Å²) in [5.74, 6) is -0.105. The van der Waals surface area contributed by atoms with E-state index in [2.05, 4.69) is 4.72 Å². The molecule has 0 aliphatic carbocycles. The summed E-state index contributed by atoms with van der Waals surface area (Å²) < 4.78 is 27.5. The molecule has 0 radical (unpaired) electrons. The summed E-state index contributed by atoms with van der Waals surface area (Å²) in [4.78, 5) is 11.7. The van der Waals surface area contributed by atoms with E-state index < -0.39 is 15.6 Å². The number of hydrogen-bond acceptors (Lipinski definition) is 4. The van der Waals surface area contributed by atoms with Gasteiger partial charge < -0.3 is 5.11 Å². The number of Topliss-reactive ketones (excluding diaryl/α,β-unsaturated/α-hetero) is 1. The first kappa shape index (κ1) is 17.8. The molecule has 0 amide bonds. The van der Waals surface area contributed by atoms with Crippen LogP contribution in [0.15, 0.2) is 29.2 Å². The summed E-state index contributed by atoms with van der Waals surface area (Å²) >= 11 is 0. The summed E-state index contributed by atoms with van der Waals surface area (Å²) in [6, 6.07) is 5.98. The fourth-order valence-electron chi connectivity index (χ4n) is 2.03. The number of rotatable bonds is 8. The molecule has 0 bridgehead atoms. The van der Waals surface area contributed by atoms with E-state index in [1.807, 2.05) is 13.8 Å². The lowest BCUT2D eigenvalue weighted by molar-refractivity contribution is 0.0988. The van der Waals surface area contributed by atoms with E-state index in [-0.39, 0.29) is 17.3 Å². The number of aliphatic hydroxyl groups excluding tert-OH is 1. The van der Waals surface area contributed by atoms with Crippen LogP contribution in [-0.2, 0) is 10.0 Å². The van der Waals surface area contributed by atoms with E-state index in [1.54, 1.807) is 19.1 Å². The van der Waals surface area contributed by atoms with Gasteiger partial charge in [0.1, 0.15) is 0 Å². The Morgan fingerprint density at radius 1 is 1.24 bits per heavy atom. The van der Waals surface area contributed by atoms with Crippen LogP contribution in [0.2, 0.25) is 0 Å². The third kappa shape index (κ3) is 4.12. The minimum atomic E-state index is -3.78. The van der Waals surface area contributed by atoms with Gasteiger partial charge in [0, 0.05) is 12.0 Å². The van der Waals surface area contributed by atoms with Gasteiger partial charge in [0.15, 0.2) is 5.78 Å². The molecule has 1 rings (SSSR count). The van der Waals surface area contributed by atoms with Gasteiger partial charge >= 0.3 is 0 Å². The Balaban J connectivity index is 3.16. The minimum absolute atomic E-state index is 0.0431. The maximum atomic E-state index is 12.5. The van der Waals surface area contributed by atoms with E-state index in [0.29, 0.717) is 24.8 Å². The molecule has 0 atom stereocenters. The molecular weight excluding hydrogens is 290 g/mol. The van der Waals surface area contributed by atoms with Gasteiger partial charge in [-0.25, -0.2) is 13.1 Å². The van der Waals surface area contributed by atoms with Crippen LogP contribution in [-0.4, -0.2) is 31.5 Å². The summed E-state index contributed by atoms with van der Waals surface area (Å²) in [6.07, 6.45) is 1.28. The maximum absolute atomic E-state index is 12.5. The summed E-state index contributed by atoms with van der Waals surface area (Å²) in [5.41, 5.74) is -0.494. The molecule has 0 heterocycles. The standard InChI is InChI=1S/C15H23NO4S/c1-4-14(18)12-8-7-9-13(10-12)21(19,20)16-15(5-2,6-3)11-17/h7-10,16-17H,4-6,11H2,1-3H3. The van der Waals surface area contributed by atoms with E-state index in [1.165, 1.54) is 12.1 Å². The van der Waals surface area contributed by atoms with E-state index in [9.17, 15) is 18.3 Å². The molecule has 0 aliphatic rings. The zero-order chi connectivity index (χ0) is 16.1. The first-order valence-electron chi connectivity index (χ1n) is 7.12. The summed E-state index contributed by atoms with van der Waals surface area (Å²) in [5, 5.41) is 9.49. The van der Waals surface area contributed by atoms with Gasteiger partial charge in [-0.05, 0) is 25.0 Å². The molecule has 6 heteroatoms. The number of nitrogens with one attached hydrogen (secondary N) is 1. The molecule has 0 spiro atoms. The molecule has 0 aromatic heterocycles. The molecule has 1 aromatic rings. The van der Waals surface area contributed by atoms with Crippen molar-refractivity contribution in [2.24, 2.45) is 0 Å². The smallest absolute Gasteiger partial charge is 0.241 e. The lowest BCUT2D eigenvalue weighted by Gasteiger charge is -2.30. The van der Waals surface area contributed by atoms with Crippen molar-refractivity contribution in [3.63, 3.8) is 0 Å². The van der Waals surface area contributed by atoms with Crippen LogP contribution >= 0.6 is 0 Å². The van der Waals surface area contributed by atoms with E-state index >= 15 is 0 Å². The number of carbonyl (C=O) groups excluding carboxylic acids is 1. The Kier molecular flexibility index (Phi) is 6.07. The Hall–Kier alpha value is -1.24. The van der Waals surface area contributed by atoms with Crippen molar-refractivity contribution < 1.29 is 18.3 Å². The predicted molar refractivity (Wildman–Crippen MR) is 81.8 cm³/mol. The van der Waals surface area contributed by atoms with Crippen LogP contribution in [0.5, 0.6) is 0 Å². The molecule has 2 N–H and O–H groups in total. The highest BCUT2D eigenvalue weighted by Gasteiger charge is 2.31. The number of hydrogen-bond donors (Lipinski definition) is 2. The normalized spacial score (nSPS) is 12.4. The average Bonchev–Trinajstić information content (AvgIpc) is 2.52. The topological polar surface area (TPSA) is 83.5 Å². The molecule has 5 nitrogen and oxygen atoms in total. The molecule has 1 aromatic carbocycles. The number of ketones is 1. The van der Waals surface area contributed by atoms with Crippen molar-refractivity contribution in [1.29, 1.82) is 0 Å². The highest BCUT2D eigenvalue weighted by Crippen LogP contribution is 2.20. The van der Waals surface area contributed by atoms with Gasteiger partial charge in [0.05, 0.1) is 17.0 Å². The first-order chi connectivity index (χ1) is 9.84. The largest absolute Gasteiger partial charge is 0.394 e. The van der Waals surface area contributed by atoms with Crippen molar-refractivity contribution >= 4 is 15.8 Å². The lowest BCUT2D eigenvalue weighted by atomic mass is 9.96. The molecule has 0 saturated heterocycles. The van der Waals surface area contributed by atoms with Crippen molar-refractivity contribution in [3.8, 4) is 0 Å². The number of sulfonamides is 1. The Morgan fingerprint density at radius 2 is 1.86 bits per heavy atom. The molecular formula is C15H23NO4S. The fourth-order valence-corrected chi connectivity index (χ4v) is 3.62. The quantitative estimate of drug-likeness (QED) is 0.720. The Morgan fingerprint density at radius 3 is 2.33 bits per heavy atom. The van der Waals surface area contributed by atoms with Crippen molar-refractivity contribution in [2.45, 2.75) is 50.5 Å². The average molecular weight is 313 g/mol. The van der Waals surface area contributed by atoms with Crippen molar-refractivity contribution in [3.05, 3.63) is 29.8 Å². The zero-order valence-corrected chi connectivity index (χ0v) is 13.5. The molecule has 0 unspecified atom stereocenters. The summed E-state index contributed by atoms with van der Waals surface area (Å²) in [6.45, 7) is 5.10. The van der Waals surface area contributed by atoms with Gasteiger partial charge in [-0.1, -0.05) is 32.9 Å². The van der Waals surface area contributed by atoms with Gasteiger partial charge in [0.2, 0.25) is 10.0 Å². The highest BCUT2D eigenvalue weighted by molar-refractivity contribution is 7.89. The molecule has 0 aliphatic heterocycles. The van der Waals surface area contributed by atoms with Crippen LogP contribution in [0.3, 0.4) is 0 Å². The second kappa shape index (κ2) is 7.15. The number of carbonyl (C=O) groups is 1. The monoisotopic (exact) mass is 313 g/mol. The molecule has 118 valence electrons. The van der Waals surface area contributed by atoms with Crippen LogP contribution in [0, 0.1) is 0 Å². The fraction of sp³-hybridized carbons (Fsp3) is 0.533. The van der Waals surface area contributed by atoms with Crippen molar-refractivity contribution in [1.82, 2.24) is 4.72 Å². The van der Waals surface area contributed by atoms with Gasteiger partial charge in [0.25, 0.3) is 0 Å². The van der Waals surface area contributed by atoms with Crippen molar-refractivity contribution in [2.75, 3.05) is 6.61 Å². The molecule has 0 saturated carbocycles. The number of aliphatic hydroxyl groups is 1. The first-order valence-corrected chi connectivity index (χ1v) is 8.60. The molecule has 0 fully saturated rings.